The summed E-state index contributed by atoms with van der Waals surface area (Å²) in [6.07, 6.45) is 6.79. The van der Waals surface area contributed by atoms with Crippen LogP contribution in [0.25, 0.3) is 0 Å². The molecule has 0 aliphatic carbocycles. The summed E-state index contributed by atoms with van der Waals surface area (Å²) in [5.41, 5.74) is -0.656. The van der Waals surface area contributed by atoms with Gasteiger partial charge in [-0.25, -0.2) is 0 Å². The fourth-order valence-electron chi connectivity index (χ4n) is 0.890. The molecular formula is C9H16O. The van der Waals surface area contributed by atoms with E-state index in [-0.39, 0.29) is 0 Å². The third kappa shape index (κ3) is 2.83. The summed E-state index contributed by atoms with van der Waals surface area (Å²) in [6.45, 7) is 7.45. The zero-order chi connectivity index (χ0) is 8.04. The molecule has 1 unspecified atom stereocenters. The summed E-state index contributed by atoms with van der Waals surface area (Å²) < 4.78 is 0. The normalized spacial score (nSPS) is 17.1. The van der Waals surface area contributed by atoms with Crippen molar-refractivity contribution < 1.29 is 5.11 Å². The molecule has 0 saturated heterocycles. The second kappa shape index (κ2) is 4.29. The number of aliphatic hydroxyl groups is 1. The first-order valence-corrected chi connectivity index (χ1v) is 3.65. The zero-order valence-corrected chi connectivity index (χ0v) is 6.80. The predicted molar refractivity (Wildman–Crippen MR) is 44.9 cm³/mol. The quantitative estimate of drug-likeness (QED) is 0.594. The Hall–Kier alpha value is -0.560. The van der Waals surface area contributed by atoms with E-state index in [0.717, 1.165) is 6.42 Å². The van der Waals surface area contributed by atoms with E-state index >= 15 is 0 Å². The Bertz CT molecular complexity index is 127. The molecule has 0 aromatic rings. The maximum absolute atomic E-state index is 9.66. The number of rotatable bonds is 4. The van der Waals surface area contributed by atoms with Crippen LogP contribution in [0.5, 0.6) is 0 Å². The summed E-state index contributed by atoms with van der Waals surface area (Å²) in [7, 11) is 0. The third-order valence-corrected chi connectivity index (χ3v) is 1.59. The van der Waals surface area contributed by atoms with Crippen LogP contribution < -0.4 is 0 Å². The second-order valence-electron chi connectivity index (χ2n) is 2.45. The van der Waals surface area contributed by atoms with Crippen LogP contribution in [0.4, 0.5) is 0 Å². The molecule has 58 valence electrons. The molecule has 1 nitrogen and oxygen atoms in total. The molecule has 0 aromatic heterocycles. The molecule has 0 aliphatic heterocycles. The Labute approximate surface area is 63.1 Å². The molecule has 1 heteroatoms. The van der Waals surface area contributed by atoms with Crippen molar-refractivity contribution in [1.82, 2.24) is 0 Å². The summed E-state index contributed by atoms with van der Waals surface area (Å²) in [5, 5.41) is 9.66. The first-order chi connectivity index (χ1) is 4.68. The van der Waals surface area contributed by atoms with Crippen LogP contribution in [0.3, 0.4) is 0 Å². The van der Waals surface area contributed by atoms with Crippen molar-refractivity contribution in [1.29, 1.82) is 0 Å². The maximum atomic E-state index is 9.66. The van der Waals surface area contributed by atoms with Gasteiger partial charge < -0.3 is 5.11 Å². The lowest BCUT2D eigenvalue weighted by molar-refractivity contribution is 0.0901. The van der Waals surface area contributed by atoms with Crippen LogP contribution >= 0.6 is 0 Å². The van der Waals surface area contributed by atoms with Gasteiger partial charge in [-0.1, -0.05) is 25.2 Å². The lowest BCUT2D eigenvalue weighted by Crippen LogP contribution is -2.23. The summed E-state index contributed by atoms with van der Waals surface area (Å²) >= 11 is 0. The largest absolute Gasteiger partial charge is 0.385 e. The topological polar surface area (TPSA) is 20.2 Å². The fraction of sp³-hybridized carbons (Fsp3) is 0.556. The molecule has 0 aliphatic rings. The van der Waals surface area contributed by atoms with E-state index in [1.54, 1.807) is 6.08 Å². The molecule has 1 N–H and O–H groups in total. The average molecular weight is 140 g/mol. The van der Waals surface area contributed by atoms with Gasteiger partial charge in [0, 0.05) is 0 Å². The lowest BCUT2D eigenvalue weighted by atomic mass is 9.96. The molecular weight excluding hydrogens is 124 g/mol. The summed E-state index contributed by atoms with van der Waals surface area (Å²) in [5.74, 6) is 0. The molecule has 0 aromatic carbocycles. The fourth-order valence-corrected chi connectivity index (χ4v) is 0.890. The first kappa shape index (κ1) is 9.44. The van der Waals surface area contributed by atoms with E-state index < -0.39 is 5.60 Å². The van der Waals surface area contributed by atoms with Crippen molar-refractivity contribution >= 4 is 0 Å². The molecule has 1 atom stereocenters. The van der Waals surface area contributed by atoms with Crippen LogP contribution in [0, 0.1) is 0 Å². The predicted octanol–water partition coefficient (Wildman–Crippen LogP) is 2.28. The Morgan fingerprint density at radius 1 is 1.60 bits per heavy atom. The summed E-state index contributed by atoms with van der Waals surface area (Å²) in [6, 6.07) is 0. The van der Waals surface area contributed by atoms with Crippen LogP contribution in [0.1, 0.15) is 26.7 Å². The van der Waals surface area contributed by atoms with Crippen molar-refractivity contribution in [2.45, 2.75) is 32.3 Å². The van der Waals surface area contributed by atoms with Gasteiger partial charge in [0.25, 0.3) is 0 Å². The molecule has 0 radical (unpaired) electrons. The van der Waals surface area contributed by atoms with Crippen molar-refractivity contribution in [2.24, 2.45) is 0 Å². The standard InChI is InChI=1S/C9H16O/c1-4-7-9(10,6-3)8-5-2/h4-5,8,10H,1,6-7H2,2-3H3/b8-5+. The van der Waals surface area contributed by atoms with Crippen molar-refractivity contribution in [3.63, 3.8) is 0 Å². The van der Waals surface area contributed by atoms with Crippen molar-refractivity contribution in [3.05, 3.63) is 24.8 Å². The van der Waals surface area contributed by atoms with Gasteiger partial charge in [0.1, 0.15) is 0 Å². The first-order valence-electron chi connectivity index (χ1n) is 3.65. The monoisotopic (exact) mass is 140 g/mol. The molecule has 0 amide bonds. The average Bonchev–Trinajstić information content (AvgIpc) is 1.89. The van der Waals surface area contributed by atoms with Gasteiger partial charge >= 0.3 is 0 Å². The highest BCUT2D eigenvalue weighted by atomic mass is 16.3. The number of allylic oxidation sites excluding steroid dienone is 1. The highest BCUT2D eigenvalue weighted by Crippen LogP contribution is 2.16. The highest BCUT2D eigenvalue weighted by molar-refractivity contribution is 5.01. The SMILES string of the molecule is C=CCC(O)(/C=C/C)CC. The Balaban J connectivity index is 4.06. The van der Waals surface area contributed by atoms with Crippen LogP contribution in [-0.2, 0) is 0 Å². The van der Waals surface area contributed by atoms with E-state index in [1.807, 2.05) is 26.0 Å². The van der Waals surface area contributed by atoms with Gasteiger partial charge in [0.05, 0.1) is 5.60 Å². The summed E-state index contributed by atoms with van der Waals surface area (Å²) in [4.78, 5) is 0. The van der Waals surface area contributed by atoms with Gasteiger partial charge in [-0.2, -0.15) is 0 Å². The van der Waals surface area contributed by atoms with Gasteiger partial charge in [-0.05, 0) is 19.8 Å². The van der Waals surface area contributed by atoms with Crippen molar-refractivity contribution in [3.8, 4) is 0 Å². The van der Waals surface area contributed by atoms with E-state index in [9.17, 15) is 5.11 Å². The van der Waals surface area contributed by atoms with Crippen LogP contribution in [0.15, 0.2) is 24.8 Å². The Morgan fingerprint density at radius 2 is 2.20 bits per heavy atom. The van der Waals surface area contributed by atoms with Crippen LogP contribution in [0.2, 0.25) is 0 Å². The van der Waals surface area contributed by atoms with Gasteiger partial charge in [-0.15, -0.1) is 6.58 Å². The minimum atomic E-state index is -0.656. The smallest absolute Gasteiger partial charge is 0.0859 e. The van der Waals surface area contributed by atoms with Crippen molar-refractivity contribution in [2.75, 3.05) is 0 Å². The van der Waals surface area contributed by atoms with E-state index in [0.29, 0.717) is 6.42 Å². The van der Waals surface area contributed by atoms with Gasteiger partial charge in [0.15, 0.2) is 0 Å². The van der Waals surface area contributed by atoms with E-state index in [2.05, 4.69) is 6.58 Å². The molecule has 0 rings (SSSR count). The van der Waals surface area contributed by atoms with Gasteiger partial charge in [0.2, 0.25) is 0 Å². The van der Waals surface area contributed by atoms with E-state index in [1.165, 1.54) is 0 Å². The van der Waals surface area contributed by atoms with E-state index in [4.69, 9.17) is 0 Å². The minimum absolute atomic E-state index is 0.633. The third-order valence-electron chi connectivity index (χ3n) is 1.59. The highest BCUT2D eigenvalue weighted by Gasteiger charge is 2.17. The molecule has 0 spiro atoms. The lowest BCUT2D eigenvalue weighted by Gasteiger charge is -2.20. The minimum Gasteiger partial charge on any atom is -0.385 e. The second-order valence-corrected chi connectivity index (χ2v) is 2.45. The van der Waals surface area contributed by atoms with Gasteiger partial charge in [-0.3, -0.25) is 0 Å². The zero-order valence-electron chi connectivity index (χ0n) is 6.80. The molecule has 0 saturated carbocycles. The maximum Gasteiger partial charge on any atom is 0.0859 e. The number of hydrogen-bond acceptors (Lipinski definition) is 1. The molecule has 0 bridgehead atoms. The van der Waals surface area contributed by atoms with Crippen LogP contribution in [-0.4, -0.2) is 10.7 Å². The molecule has 10 heavy (non-hydrogen) atoms. The number of hydrogen-bond donors (Lipinski definition) is 1. The Kier molecular flexibility index (Phi) is 4.05. The molecule has 0 heterocycles. The molecule has 0 fully saturated rings. The Morgan fingerprint density at radius 3 is 2.50 bits per heavy atom.